The van der Waals surface area contributed by atoms with Crippen molar-refractivity contribution in [3.05, 3.63) is 16.6 Å². The van der Waals surface area contributed by atoms with E-state index in [4.69, 9.17) is 0 Å². The van der Waals surface area contributed by atoms with Crippen molar-refractivity contribution < 1.29 is 0 Å². The molecule has 1 aromatic heterocycles. The van der Waals surface area contributed by atoms with Gasteiger partial charge in [-0.25, -0.2) is 0 Å². The van der Waals surface area contributed by atoms with E-state index in [0.29, 0.717) is 11.1 Å². The maximum atomic E-state index is 4.26. The summed E-state index contributed by atoms with van der Waals surface area (Å²) in [5.41, 5.74) is 2.75. The van der Waals surface area contributed by atoms with Crippen LogP contribution in [0.2, 0.25) is 0 Å². The summed E-state index contributed by atoms with van der Waals surface area (Å²) in [5.74, 6) is 0.908. The monoisotopic (exact) mass is 291 g/mol. The van der Waals surface area contributed by atoms with Crippen molar-refractivity contribution in [3.63, 3.8) is 0 Å². The van der Waals surface area contributed by atoms with Crippen LogP contribution in [0.3, 0.4) is 0 Å². The van der Waals surface area contributed by atoms with Gasteiger partial charge in [-0.3, -0.25) is 9.88 Å². The number of thiazole rings is 1. The number of hydrogen-bond acceptors (Lipinski definition) is 4. The second-order valence-electron chi connectivity index (χ2n) is 7.30. The molecule has 1 aromatic rings. The van der Waals surface area contributed by atoms with Crippen LogP contribution >= 0.6 is 11.3 Å². The van der Waals surface area contributed by atoms with Gasteiger partial charge in [-0.2, -0.15) is 0 Å². The molecule has 1 N–H and O–H groups in total. The highest BCUT2D eigenvalue weighted by Crippen LogP contribution is 2.46. The van der Waals surface area contributed by atoms with Gasteiger partial charge in [-0.05, 0) is 38.5 Å². The zero-order chi connectivity index (χ0) is 13.6. The lowest BCUT2D eigenvalue weighted by Crippen LogP contribution is -2.68. The third kappa shape index (κ3) is 2.22. The van der Waals surface area contributed by atoms with E-state index in [9.17, 15) is 0 Å². The Labute approximate surface area is 125 Å². The molecular formula is C16H25N3S. The van der Waals surface area contributed by atoms with Crippen LogP contribution in [-0.2, 0) is 6.54 Å². The van der Waals surface area contributed by atoms with Gasteiger partial charge < -0.3 is 5.32 Å². The number of piperazine rings is 1. The first kappa shape index (κ1) is 13.2. The average Bonchev–Trinajstić information content (AvgIpc) is 2.99. The van der Waals surface area contributed by atoms with Crippen molar-refractivity contribution in [3.8, 4) is 0 Å². The van der Waals surface area contributed by atoms with Gasteiger partial charge in [0.2, 0.25) is 0 Å². The molecule has 4 heteroatoms. The third-order valence-corrected chi connectivity index (χ3v) is 6.62. The lowest BCUT2D eigenvalue weighted by Gasteiger charge is -2.53. The zero-order valence-corrected chi connectivity index (χ0v) is 13.2. The zero-order valence-electron chi connectivity index (χ0n) is 12.4. The molecular weight excluding hydrogens is 266 g/mol. The van der Waals surface area contributed by atoms with Crippen molar-refractivity contribution in [2.75, 3.05) is 13.1 Å². The van der Waals surface area contributed by atoms with Crippen molar-refractivity contribution >= 4 is 11.3 Å². The minimum Gasteiger partial charge on any atom is -0.308 e. The van der Waals surface area contributed by atoms with Crippen molar-refractivity contribution in [2.24, 2.45) is 5.92 Å². The van der Waals surface area contributed by atoms with Gasteiger partial charge in [0, 0.05) is 41.8 Å². The summed E-state index contributed by atoms with van der Waals surface area (Å²) in [7, 11) is 0. The minimum atomic E-state index is 0.346. The van der Waals surface area contributed by atoms with E-state index >= 15 is 0 Å². The molecule has 0 radical (unpaired) electrons. The predicted octanol–water partition coefficient (Wildman–Crippen LogP) is 3.03. The molecule has 2 heterocycles. The minimum absolute atomic E-state index is 0.346. The van der Waals surface area contributed by atoms with Gasteiger partial charge in [0.15, 0.2) is 0 Å². The number of rotatable bonds is 3. The molecule has 2 saturated carbocycles. The first-order valence-corrected chi connectivity index (χ1v) is 8.96. The predicted molar refractivity (Wildman–Crippen MR) is 82.9 cm³/mol. The van der Waals surface area contributed by atoms with Gasteiger partial charge >= 0.3 is 0 Å². The summed E-state index contributed by atoms with van der Waals surface area (Å²) in [6.07, 6.45) is 10.5. The standard InChI is InChI=1S/C16H25N3S/c1-15(13-4-5-13)11-19(9-14-8-17-12-20-14)16(10-18-15)6-2-3-7-16/h8,12-13,18H,2-7,9-11H2,1H3. The topological polar surface area (TPSA) is 28.2 Å². The molecule has 1 saturated heterocycles. The lowest BCUT2D eigenvalue weighted by atomic mass is 9.83. The Morgan fingerprint density at radius 1 is 1.40 bits per heavy atom. The van der Waals surface area contributed by atoms with E-state index in [1.807, 2.05) is 16.8 Å². The Bertz CT molecular complexity index is 462. The Hall–Kier alpha value is -0.450. The average molecular weight is 291 g/mol. The van der Waals surface area contributed by atoms with Gasteiger partial charge in [-0.1, -0.05) is 12.8 Å². The number of aromatic nitrogens is 1. The molecule has 0 bridgehead atoms. The molecule has 110 valence electrons. The molecule has 20 heavy (non-hydrogen) atoms. The van der Waals surface area contributed by atoms with E-state index in [1.165, 1.54) is 56.5 Å². The molecule has 1 unspecified atom stereocenters. The Balaban J connectivity index is 1.58. The smallest absolute Gasteiger partial charge is 0.0794 e. The molecule has 3 aliphatic rings. The van der Waals surface area contributed by atoms with Gasteiger partial charge in [0.25, 0.3) is 0 Å². The summed E-state index contributed by atoms with van der Waals surface area (Å²) in [5, 5.41) is 3.95. The normalized spacial score (nSPS) is 33.9. The van der Waals surface area contributed by atoms with E-state index < -0.39 is 0 Å². The fourth-order valence-electron chi connectivity index (χ4n) is 4.35. The summed E-state index contributed by atoms with van der Waals surface area (Å²) in [6, 6.07) is 0. The van der Waals surface area contributed by atoms with Crippen LogP contribution in [0, 0.1) is 5.92 Å². The SMILES string of the molecule is CC1(C2CC2)CN(Cc2cncs2)C2(CCCC2)CN1. The Morgan fingerprint density at radius 2 is 2.20 bits per heavy atom. The summed E-state index contributed by atoms with van der Waals surface area (Å²) in [6.45, 7) is 5.97. The lowest BCUT2D eigenvalue weighted by molar-refractivity contribution is -0.00000617. The Kier molecular flexibility index (Phi) is 3.17. The van der Waals surface area contributed by atoms with E-state index in [1.54, 1.807) is 0 Å². The second kappa shape index (κ2) is 4.79. The summed E-state index contributed by atoms with van der Waals surface area (Å²) >= 11 is 1.81. The van der Waals surface area contributed by atoms with Crippen molar-refractivity contribution in [1.29, 1.82) is 0 Å². The summed E-state index contributed by atoms with van der Waals surface area (Å²) in [4.78, 5) is 8.50. The number of nitrogens with zero attached hydrogens (tertiary/aromatic N) is 2. The molecule has 0 amide bonds. The fourth-order valence-corrected chi connectivity index (χ4v) is 4.96. The van der Waals surface area contributed by atoms with E-state index in [2.05, 4.69) is 28.3 Å². The van der Waals surface area contributed by atoms with Crippen LogP contribution in [0.15, 0.2) is 11.7 Å². The van der Waals surface area contributed by atoms with Crippen LogP contribution in [0.1, 0.15) is 50.3 Å². The molecule has 4 rings (SSSR count). The van der Waals surface area contributed by atoms with Crippen molar-refractivity contribution in [2.45, 2.75) is 63.1 Å². The molecule has 1 spiro atoms. The van der Waals surface area contributed by atoms with Gasteiger partial charge in [-0.15, -0.1) is 11.3 Å². The van der Waals surface area contributed by atoms with Gasteiger partial charge in [0.05, 0.1) is 5.51 Å². The maximum Gasteiger partial charge on any atom is 0.0794 e. The van der Waals surface area contributed by atoms with Crippen molar-refractivity contribution in [1.82, 2.24) is 15.2 Å². The van der Waals surface area contributed by atoms with E-state index in [-0.39, 0.29) is 0 Å². The van der Waals surface area contributed by atoms with Crippen LogP contribution in [-0.4, -0.2) is 34.1 Å². The van der Waals surface area contributed by atoms with Crippen LogP contribution in [0.5, 0.6) is 0 Å². The first-order valence-electron chi connectivity index (χ1n) is 8.08. The highest BCUT2D eigenvalue weighted by atomic mass is 32.1. The highest BCUT2D eigenvalue weighted by Gasteiger charge is 2.51. The van der Waals surface area contributed by atoms with E-state index in [0.717, 1.165) is 12.5 Å². The molecule has 1 atom stereocenters. The number of hydrogen-bond donors (Lipinski definition) is 1. The molecule has 0 aromatic carbocycles. The molecule has 2 aliphatic carbocycles. The second-order valence-corrected chi connectivity index (χ2v) is 8.27. The molecule has 1 aliphatic heterocycles. The Morgan fingerprint density at radius 3 is 2.85 bits per heavy atom. The molecule has 3 fully saturated rings. The van der Waals surface area contributed by atoms with Crippen LogP contribution in [0.25, 0.3) is 0 Å². The third-order valence-electron chi connectivity index (χ3n) is 5.85. The van der Waals surface area contributed by atoms with Crippen LogP contribution in [0.4, 0.5) is 0 Å². The largest absolute Gasteiger partial charge is 0.308 e. The van der Waals surface area contributed by atoms with Crippen LogP contribution < -0.4 is 5.32 Å². The number of nitrogens with one attached hydrogen (secondary N) is 1. The quantitative estimate of drug-likeness (QED) is 0.928. The highest BCUT2D eigenvalue weighted by molar-refractivity contribution is 7.09. The van der Waals surface area contributed by atoms with Gasteiger partial charge in [0.1, 0.15) is 0 Å². The first-order chi connectivity index (χ1) is 9.70. The summed E-state index contributed by atoms with van der Waals surface area (Å²) < 4.78 is 0. The molecule has 3 nitrogen and oxygen atoms in total. The maximum absolute atomic E-state index is 4.26. The fraction of sp³-hybridized carbons (Fsp3) is 0.812.